The molecule has 102 heavy (non-hydrogen) atoms. The number of carbonyl (C=O) groups excluding carboxylic acids is 9. The number of alkyl halides is 3. The second-order valence-corrected chi connectivity index (χ2v) is 27.5. The number of benzene rings is 2. The fraction of sp³-hybridized carbons (Fsp3) is 0.658. The minimum Gasteiger partial charge on any atom is -0.481 e. The first-order valence-electron chi connectivity index (χ1n) is 35.8. The summed E-state index contributed by atoms with van der Waals surface area (Å²) in [6.45, 7) is 14.9. The van der Waals surface area contributed by atoms with Gasteiger partial charge in [0.15, 0.2) is 0 Å². The summed E-state index contributed by atoms with van der Waals surface area (Å²) in [4.78, 5) is 148. The molecule has 0 bridgehead atoms. The van der Waals surface area contributed by atoms with Gasteiger partial charge in [0.25, 0.3) is 0 Å². The molecule has 0 aliphatic carbocycles. The monoisotopic (exact) mass is 1440 g/mol. The zero-order valence-corrected chi connectivity index (χ0v) is 60.6. The Bertz CT molecular complexity index is 3000. The number of amides is 9. The molecule has 2 aromatic carbocycles. The van der Waals surface area contributed by atoms with E-state index in [-0.39, 0.29) is 125 Å². The van der Waals surface area contributed by atoms with Crippen molar-refractivity contribution >= 4 is 65.1 Å². The Kier molecular flexibility index (Phi) is 40.9. The number of carboxylic acid groups (broad SMARTS) is 2. The largest absolute Gasteiger partial charge is 0.481 e. The molecule has 0 saturated carbocycles. The van der Waals surface area contributed by atoms with Crippen molar-refractivity contribution in [2.75, 3.05) is 33.0 Å². The smallest absolute Gasteiger partial charge is 0.416 e. The molecule has 0 radical (unpaired) electrons. The summed E-state index contributed by atoms with van der Waals surface area (Å²) in [5.41, 5.74) is 11.3. The van der Waals surface area contributed by atoms with Gasteiger partial charge in [0.2, 0.25) is 53.2 Å². The molecule has 1 aliphatic heterocycles. The number of rotatable bonds is 38. The second-order valence-electron chi connectivity index (χ2n) is 27.5. The quantitative estimate of drug-likeness (QED) is 0.0366. The van der Waals surface area contributed by atoms with E-state index in [0.29, 0.717) is 45.1 Å². The van der Waals surface area contributed by atoms with E-state index in [1.807, 2.05) is 48.5 Å². The van der Waals surface area contributed by atoms with Crippen LogP contribution < -0.4 is 59.3 Å². The van der Waals surface area contributed by atoms with Crippen LogP contribution in [0.15, 0.2) is 66.7 Å². The van der Waals surface area contributed by atoms with Crippen molar-refractivity contribution in [3.63, 3.8) is 0 Å². The van der Waals surface area contributed by atoms with Crippen molar-refractivity contribution in [2.45, 2.75) is 250 Å². The molecule has 13 atom stereocenters. The van der Waals surface area contributed by atoms with Crippen molar-refractivity contribution in [3.8, 4) is 0 Å². The third-order valence-electron chi connectivity index (χ3n) is 18.1. The lowest BCUT2D eigenvalue weighted by molar-refractivity contribution is -0.140. The summed E-state index contributed by atoms with van der Waals surface area (Å²) in [6, 6.07) is 5.23. The van der Waals surface area contributed by atoms with Crippen LogP contribution in [-0.2, 0) is 81.2 Å². The molecule has 0 saturated heterocycles. The van der Waals surface area contributed by atoms with Gasteiger partial charge >= 0.3 is 18.1 Å². The lowest BCUT2D eigenvalue weighted by Crippen LogP contribution is -2.50. The minimum absolute atomic E-state index is 0.0320. The lowest BCUT2D eigenvalue weighted by atomic mass is 9.94. The summed E-state index contributed by atoms with van der Waals surface area (Å²) in [7, 11) is 0. The van der Waals surface area contributed by atoms with Crippen LogP contribution in [0.4, 0.5) is 13.2 Å². The maximum atomic E-state index is 14.5. The van der Waals surface area contributed by atoms with Gasteiger partial charge in [-0.2, -0.15) is 13.2 Å². The van der Waals surface area contributed by atoms with Gasteiger partial charge in [-0.05, 0) is 85.9 Å². The summed E-state index contributed by atoms with van der Waals surface area (Å²) in [5, 5.41) is 44.4. The highest BCUT2D eigenvalue weighted by Gasteiger charge is 2.36. The molecule has 572 valence electrons. The Balaban J connectivity index is 1.95. The SMILES string of the molecule is CC[C@H](C)[C@@H](CC(=O)N[C@H](CC(=O)N[C@H]1COC/C=C/COC[C@@H](CC(=O)N[C@H](CC(=O)N[C@H](CC(=O)N[C@@H](CCC(=O)O)CC(=O)O)Cc2ccccc2)[C@@H](C)CC)NC(=O)C[C@H](Cc2ccccc2C(F)(F)F)NC(=O)C[C@H]([C@@H](C)CC)NC(=O)C1)CC(C)C)NC(=O)C[C@@H](N)CCCN. The maximum Gasteiger partial charge on any atom is 0.416 e. The van der Waals surface area contributed by atoms with Gasteiger partial charge in [-0.3, -0.25) is 52.7 Å². The molecule has 0 unspecified atom stereocenters. The third-order valence-corrected chi connectivity index (χ3v) is 18.1. The summed E-state index contributed by atoms with van der Waals surface area (Å²) in [6.07, 6.45) is -2.22. The number of nitrogens with two attached hydrogens (primary N) is 2. The van der Waals surface area contributed by atoms with Crippen LogP contribution in [0.5, 0.6) is 0 Å². The van der Waals surface area contributed by atoms with Crippen LogP contribution in [-0.4, -0.2) is 169 Å². The van der Waals surface area contributed by atoms with E-state index in [2.05, 4.69) is 47.9 Å². The van der Waals surface area contributed by atoms with Gasteiger partial charge < -0.3 is 79.0 Å². The van der Waals surface area contributed by atoms with Crippen molar-refractivity contribution in [3.05, 3.63) is 83.4 Å². The van der Waals surface area contributed by atoms with Gasteiger partial charge in [-0.25, -0.2) is 0 Å². The molecule has 1 aliphatic rings. The Morgan fingerprint density at radius 3 is 1.72 bits per heavy atom. The Morgan fingerprint density at radius 2 is 1.13 bits per heavy atom. The predicted octanol–water partition coefficient (Wildman–Crippen LogP) is 5.56. The van der Waals surface area contributed by atoms with Crippen molar-refractivity contribution in [1.29, 1.82) is 0 Å². The third kappa shape index (κ3) is 37.2. The van der Waals surface area contributed by atoms with Gasteiger partial charge in [-0.15, -0.1) is 0 Å². The molecule has 26 nitrogen and oxygen atoms in total. The average molecular weight is 1440 g/mol. The molecule has 0 fully saturated rings. The van der Waals surface area contributed by atoms with Crippen LogP contribution in [0.1, 0.15) is 188 Å². The molecule has 1 heterocycles. The highest BCUT2D eigenvalue weighted by molar-refractivity contribution is 5.85. The van der Waals surface area contributed by atoms with Crippen molar-refractivity contribution in [2.24, 2.45) is 35.1 Å². The summed E-state index contributed by atoms with van der Waals surface area (Å²) in [5.74, 6) is -8.18. The molecule has 15 N–H and O–H groups in total. The number of hydrogen-bond donors (Lipinski definition) is 13. The van der Waals surface area contributed by atoms with Crippen LogP contribution in [0, 0.1) is 23.7 Å². The number of halogens is 3. The first kappa shape index (κ1) is 88.2. The first-order valence-corrected chi connectivity index (χ1v) is 35.8. The fourth-order valence-electron chi connectivity index (χ4n) is 12.0. The first-order chi connectivity index (χ1) is 48.3. The van der Waals surface area contributed by atoms with Gasteiger partial charge in [0.05, 0.1) is 50.5 Å². The number of ether oxygens (including phenoxy) is 2. The maximum absolute atomic E-state index is 14.5. The van der Waals surface area contributed by atoms with E-state index < -0.39 is 158 Å². The highest BCUT2D eigenvalue weighted by atomic mass is 19.4. The van der Waals surface area contributed by atoms with E-state index in [9.17, 15) is 76.1 Å². The zero-order chi connectivity index (χ0) is 75.9. The molecule has 0 spiro atoms. The number of nitrogens with one attached hydrogen (secondary N) is 9. The molecular formula is C73H114F3N11O15. The van der Waals surface area contributed by atoms with E-state index in [4.69, 9.17) is 20.9 Å². The van der Waals surface area contributed by atoms with Gasteiger partial charge in [-0.1, -0.05) is 135 Å². The minimum atomic E-state index is -4.81. The molecule has 3 rings (SSSR count). The normalized spacial score (nSPS) is 19.9. The van der Waals surface area contributed by atoms with Gasteiger partial charge in [0.1, 0.15) is 0 Å². The highest BCUT2D eigenvalue weighted by Crippen LogP contribution is 2.33. The van der Waals surface area contributed by atoms with E-state index >= 15 is 0 Å². The lowest BCUT2D eigenvalue weighted by Gasteiger charge is -2.28. The standard InChI is InChI=1S/C73H114F3N11O15/c1-9-46(6)59(85-62(88)33-51(78)23-19-27-77)40-68(94)80-53(30-45(4)5)34-64(90)83-56-37-66(92)87-61(48(8)11-3)42-70(96)82-55(32-50-22-15-16-24-58(50)73(74,75)76)36-65(91)84-57(44-102-29-18-17-28-101-43-56)38-67(93)86-60(47(7)10-2)41-69(95)81-54(31-49-20-13-12-14-21-49)35-63(89)79-52(39-72(99)100)25-26-71(97)98/h12-18,20-22,24,45-48,51-57,59-61H,9-11,19,23,25-44,77-78H2,1-8H3,(H,79,89)(H,80,94)(H,81,95)(H,82,96)(H,83,90)(H,84,91)(H,85,88)(H,86,93)(H,87,92)(H,97,98)(H,99,100)/b18-17+/t46-,47-,48-,51-,52-,53-,54-,55-,56+,57+,59+,60+,61+/m0/s1. The zero-order valence-electron chi connectivity index (χ0n) is 60.6. The molecule has 29 heteroatoms. The Hall–Kier alpha value is -8.02. The molecule has 2 aromatic rings. The summed E-state index contributed by atoms with van der Waals surface area (Å²) >= 11 is 0. The van der Waals surface area contributed by atoms with E-state index in [0.717, 1.165) is 11.6 Å². The molecule has 9 amide bonds. The molecular weight excluding hydrogens is 1330 g/mol. The number of carboxylic acids is 2. The van der Waals surface area contributed by atoms with Gasteiger partial charge in [0, 0.05) is 113 Å². The van der Waals surface area contributed by atoms with Crippen molar-refractivity contribution in [1.82, 2.24) is 47.9 Å². The van der Waals surface area contributed by atoms with Crippen LogP contribution in [0.25, 0.3) is 0 Å². The fourth-order valence-corrected chi connectivity index (χ4v) is 12.0. The Morgan fingerprint density at radius 1 is 0.588 bits per heavy atom. The van der Waals surface area contributed by atoms with E-state index in [1.165, 1.54) is 18.2 Å². The second kappa shape index (κ2) is 47.3. The molecule has 0 aromatic heterocycles. The predicted molar refractivity (Wildman–Crippen MR) is 378 cm³/mol. The number of aliphatic carboxylic acids is 2. The van der Waals surface area contributed by atoms with Crippen LogP contribution in [0.3, 0.4) is 0 Å². The van der Waals surface area contributed by atoms with Crippen LogP contribution in [0.2, 0.25) is 0 Å². The average Bonchev–Trinajstić information content (AvgIpc) is 0.823. The van der Waals surface area contributed by atoms with E-state index in [1.54, 1.807) is 49.4 Å². The summed E-state index contributed by atoms with van der Waals surface area (Å²) < 4.78 is 55.6. The number of carbonyl (C=O) groups is 11. The van der Waals surface area contributed by atoms with Crippen LogP contribution >= 0.6 is 0 Å². The Labute approximate surface area is 598 Å². The topological polar surface area (TPSA) is 407 Å². The van der Waals surface area contributed by atoms with Crippen molar-refractivity contribution < 1.29 is 85.6 Å². The number of hydrogen-bond acceptors (Lipinski definition) is 15.